The highest BCUT2D eigenvalue weighted by Crippen LogP contribution is 2.23. The van der Waals surface area contributed by atoms with Crippen molar-refractivity contribution in [1.82, 2.24) is 9.21 Å². The summed E-state index contributed by atoms with van der Waals surface area (Å²) in [5.74, 6) is -3.65. The number of sulfonamides is 1. The molecule has 1 aliphatic rings. The van der Waals surface area contributed by atoms with Crippen molar-refractivity contribution in [2.24, 2.45) is 0 Å². The molecule has 1 atom stereocenters. The van der Waals surface area contributed by atoms with Gasteiger partial charge in [-0.1, -0.05) is 37.3 Å². The van der Waals surface area contributed by atoms with Crippen molar-refractivity contribution in [1.29, 1.82) is 0 Å². The summed E-state index contributed by atoms with van der Waals surface area (Å²) >= 11 is 0. The molecular formula is C20H26N2O6S. The molecule has 0 amide bonds. The smallest absolute Gasteiger partial charge is 0.414 e. The van der Waals surface area contributed by atoms with Gasteiger partial charge in [0.15, 0.2) is 0 Å². The first-order valence-electron chi connectivity index (χ1n) is 9.36. The van der Waals surface area contributed by atoms with E-state index in [1.807, 2.05) is 30.3 Å². The second-order valence-electron chi connectivity index (χ2n) is 6.82. The molecule has 1 unspecified atom stereocenters. The van der Waals surface area contributed by atoms with E-state index in [1.54, 1.807) is 16.4 Å². The first kappa shape index (κ1) is 22.8. The first-order chi connectivity index (χ1) is 13.7. The van der Waals surface area contributed by atoms with Crippen LogP contribution in [0, 0.1) is 0 Å². The van der Waals surface area contributed by atoms with Gasteiger partial charge in [-0.05, 0) is 36.2 Å². The van der Waals surface area contributed by atoms with Gasteiger partial charge in [0.05, 0.1) is 4.90 Å². The molecule has 0 aromatic heterocycles. The summed E-state index contributed by atoms with van der Waals surface area (Å²) in [6.07, 6.45) is 1.09. The van der Waals surface area contributed by atoms with E-state index in [0.29, 0.717) is 24.0 Å². The standard InChI is InChI=1S/C18H24N2O2S.C2H2O4/c1-3-15(2)19-10-12-20(13-11-19)23(21,22)18-9-8-16-6-4-5-7-17(16)14-18;3-1(4)2(5)6/h4-9,14-15H,3,10-13H2,1-2H3;(H,3,4)(H,5,6). The minimum absolute atomic E-state index is 0.396. The highest BCUT2D eigenvalue weighted by atomic mass is 32.2. The number of carbonyl (C=O) groups is 2. The molecule has 29 heavy (non-hydrogen) atoms. The van der Waals surface area contributed by atoms with E-state index in [0.717, 1.165) is 30.3 Å². The summed E-state index contributed by atoms with van der Waals surface area (Å²) in [5.41, 5.74) is 0. The number of carboxylic acid groups (broad SMARTS) is 2. The van der Waals surface area contributed by atoms with Gasteiger partial charge >= 0.3 is 11.9 Å². The monoisotopic (exact) mass is 422 g/mol. The van der Waals surface area contributed by atoms with E-state index in [4.69, 9.17) is 19.8 Å². The zero-order chi connectivity index (χ0) is 21.6. The van der Waals surface area contributed by atoms with Crippen molar-refractivity contribution in [3.8, 4) is 0 Å². The number of fused-ring (bicyclic) bond motifs is 1. The number of nitrogens with zero attached hydrogens (tertiary/aromatic N) is 2. The minimum atomic E-state index is -3.40. The third-order valence-corrected chi connectivity index (χ3v) is 6.92. The van der Waals surface area contributed by atoms with Gasteiger partial charge in [-0.3, -0.25) is 4.90 Å². The second kappa shape index (κ2) is 9.82. The molecule has 1 fully saturated rings. The van der Waals surface area contributed by atoms with Crippen LogP contribution in [0.1, 0.15) is 20.3 Å². The molecule has 0 radical (unpaired) electrons. The summed E-state index contributed by atoms with van der Waals surface area (Å²) in [7, 11) is -3.40. The minimum Gasteiger partial charge on any atom is -0.473 e. The Balaban J connectivity index is 0.000000438. The van der Waals surface area contributed by atoms with Crippen LogP contribution >= 0.6 is 0 Å². The van der Waals surface area contributed by atoms with E-state index < -0.39 is 22.0 Å². The number of piperazine rings is 1. The van der Waals surface area contributed by atoms with Crippen LogP contribution in [0.3, 0.4) is 0 Å². The second-order valence-corrected chi connectivity index (χ2v) is 8.75. The fraction of sp³-hybridized carbons (Fsp3) is 0.400. The van der Waals surface area contributed by atoms with Gasteiger partial charge in [-0.15, -0.1) is 0 Å². The lowest BCUT2D eigenvalue weighted by molar-refractivity contribution is -0.159. The van der Waals surface area contributed by atoms with Crippen LogP contribution in [-0.2, 0) is 19.6 Å². The summed E-state index contributed by atoms with van der Waals surface area (Å²) in [5, 5.41) is 16.8. The number of aliphatic carboxylic acids is 2. The molecule has 0 saturated carbocycles. The molecule has 2 N–H and O–H groups in total. The molecule has 0 bridgehead atoms. The highest BCUT2D eigenvalue weighted by molar-refractivity contribution is 7.89. The molecule has 1 saturated heterocycles. The maximum Gasteiger partial charge on any atom is 0.414 e. The van der Waals surface area contributed by atoms with Crippen molar-refractivity contribution < 1.29 is 28.2 Å². The summed E-state index contributed by atoms with van der Waals surface area (Å²) < 4.78 is 27.4. The maximum absolute atomic E-state index is 12.9. The van der Waals surface area contributed by atoms with Crippen LogP contribution in [0.25, 0.3) is 10.8 Å². The number of hydrogen-bond donors (Lipinski definition) is 2. The fourth-order valence-electron chi connectivity index (χ4n) is 3.12. The Morgan fingerprint density at radius 2 is 1.52 bits per heavy atom. The quantitative estimate of drug-likeness (QED) is 0.725. The SMILES string of the molecule is CCC(C)N1CCN(S(=O)(=O)c2ccc3ccccc3c2)CC1.O=C(O)C(=O)O. The van der Waals surface area contributed by atoms with Gasteiger partial charge in [-0.2, -0.15) is 4.31 Å². The van der Waals surface area contributed by atoms with Crippen molar-refractivity contribution in [2.45, 2.75) is 31.2 Å². The Kier molecular flexibility index (Phi) is 7.72. The Morgan fingerprint density at radius 3 is 2.03 bits per heavy atom. The van der Waals surface area contributed by atoms with Gasteiger partial charge in [0.1, 0.15) is 0 Å². The van der Waals surface area contributed by atoms with Crippen molar-refractivity contribution in [2.75, 3.05) is 26.2 Å². The molecule has 158 valence electrons. The summed E-state index contributed by atoms with van der Waals surface area (Å²) in [4.78, 5) is 21.0. The third-order valence-electron chi connectivity index (χ3n) is 5.03. The van der Waals surface area contributed by atoms with Gasteiger partial charge in [0.25, 0.3) is 0 Å². The molecule has 9 heteroatoms. The van der Waals surface area contributed by atoms with E-state index in [2.05, 4.69) is 18.7 Å². The molecule has 3 rings (SSSR count). The van der Waals surface area contributed by atoms with Crippen molar-refractivity contribution in [3.05, 3.63) is 42.5 Å². The fourth-order valence-corrected chi connectivity index (χ4v) is 4.58. The van der Waals surface area contributed by atoms with Gasteiger partial charge in [-0.25, -0.2) is 18.0 Å². The zero-order valence-corrected chi connectivity index (χ0v) is 17.3. The maximum atomic E-state index is 12.9. The zero-order valence-electron chi connectivity index (χ0n) is 16.5. The average Bonchev–Trinajstić information content (AvgIpc) is 2.73. The van der Waals surface area contributed by atoms with E-state index >= 15 is 0 Å². The van der Waals surface area contributed by atoms with Gasteiger partial charge in [0, 0.05) is 32.2 Å². The molecule has 0 aliphatic carbocycles. The Labute approximate surface area is 170 Å². The van der Waals surface area contributed by atoms with E-state index in [1.165, 1.54) is 0 Å². The van der Waals surface area contributed by atoms with Crippen molar-refractivity contribution >= 4 is 32.7 Å². The number of carboxylic acids is 2. The Morgan fingerprint density at radius 1 is 0.966 bits per heavy atom. The lowest BCUT2D eigenvalue weighted by atomic mass is 10.1. The number of rotatable bonds is 4. The number of benzene rings is 2. The Hall–Kier alpha value is -2.49. The van der Waals surface area contributed by atoms with Gasteiger partial charge in [0.2, 0.25) is 10.0 Å². The lowest BCUT2D eigenvalue weighted by Gasteiger charge is -2.37. The molecule has 2 aromatic rings. The molecular weight excluding hydrogens is 396 g/mol. The molecule has 1 heterocycles. The van der Waals surface area contributed by atoms with Crippen molar-refractivity contribution in [3.63, 3.8) is 0 Å². The molecule has 1 aliphatic heterocycles. The van der Waals surface area contributed by atoms with Gasteiger partial charge < -0.3 is 10.2 Å². The van der Waals surface area contributed by atoms with E-state index in [9.17, 15) is 8.42 Å². The van der Waals surface area contributed by atoms with Crippen LogP contribution in [0.5, 0.6) is 0 Å². The molecule has 0 spiro atoms. The third kappa shape index (κ3) is 5.75. The predicted molar refractivity (Wildman–Crippen MR) is 109 cm³/mol. The lowest BCUT2D eigenvalue weighted by Crippen LogP contribution is -2.51. The topological polar surface area (TPSA) is 115 Å². The highest BCUT2D eigenvalue weighted by Gasteiger charge is 2.29. The van der Waals surface area contributed by atoms with Crippen LogP contribution in [0.15, 0.2) is 47.4 Å². The average molecular weight is 423 g/mol. The number of hydrogen-bond acceptors (Lipinski definition) is 5. The van der Waals surface area contributed by atoms with Crippen LogP contribution < -0.4 is 0 Å². The molecule has 2 aromatic carbocycles. The van der Waals surface area contributed by atoms with Crippen LogP contribution in [0.2, 0.25) is 0 Å². The largest absolute Gasteiger partial charge is 0.473 e. The first-order valence-corrected chi connectivity index (χ1v) is 10.8. The normalized spacial score (nSPS) is 16.6. The van der Waals surface area contributed by atoms with Crippen LogP contribution in [-0.4, -0.2) is 72.0 Å². The Bertz CT molecular complexity index is 956. The van der Waals surface area contributed by atoms with Crippen LogP contribution in [0.4, 0.5) is 0 Å². The summed E-state index contributed by atoms with van der Waals surface area (Å²) in [6, 6.07) is 13.8. The molecule has 8 nitrogen and oxygen atoms in total. The van der Waals surface area contributed by atoms with E-state index in [-0.39, 0.29) is 0 Å². The summed E-state index contributed by atoms with van der Waals surface area (Å²) in [6.45, 7) is 7.12. The predicted octanol–water partition coefficient (Wildman–Crippen LogP) is 2.10.